The van der Waals surface area contributed by atoms with E-state index in [1.54, 1.807) is 16.4 Å². The minimum absolute atomic E-state index is 0.152. The van der Waals surface area contributed by atoms with Gasteiger partial charge in [0, 0.05) is 25.3 Å². The standard InChI is InChI=1S/C13H21N5O2S/c14-16-13-12(5-1-6-15-13)21(19,20)18-9-3-8-17-7-2-4-11(17)10-18/h1,5-6,11H,2-4,7-10,14H2,(H,15,16). The van der Waals surface area contributed by atoms with Gasteiger partial charge in [0.1, 0.15) is 4.90 Å². The third-order valence-corrected chi connectivity index (χ3v) is 6.19. The smallest absolute Gasteiger partial charge is 0.246 e. The number of aromatic nitrogens is 1. The Bertz CT molecular complexity index is 606. The molecule has 0 aliphatic carbocycles. The Morgan fingerprint density at radius 3 is 2.90 bits per heavy atom. The summed E-state index contributed by atoms with van der Waals surface area (Å²) in [6.07, 6.45) is 4.61. The summed E-state index contributed by atoms with van der Waals surface area (Å²) in [7, 11) is -3.57. The fourth-order valence-electron chi connectivity index (χ4n) is 3.24. The molecule has 1 atom stereocenters. The second-order valence-corrected chi connectivity index (χ2v) is 7.45. The van der Waals surface area contributed by atoms with Crippen molar-refractivity contribution in [3.63, 3.8) is 0 Å². The van der Waals surface area contributed by atoms with E-state index in [2.05, 4.69) is 15.3 Å². The van der Waals surface area contributed by atoms with Gasteiger partial charge in [-0.05, 0) is 44.5 Å². The lowest BCUT2D eigenvalue weighted by Gasteiger charge is -2.25. The first-order valence-corrected chi connectivity index (χ1v) is 8.73. The van der Waals surface area contributed by atoms with Gasteiger partial charge in [0.2, 0.25) is 10.0 Å². The third-order valence-electron chi connectivity index (χ3n) is 4.29. The molecule has 2 fully saturated rings. The number of nitrogens with one attached hydrogen (secondary N) is 1. The first kappa shape index (κ1) is 14.7. The van der Waals surface area contributed by atoms with E-state index in [0.717, 1.165) is 32.4 Å². The molecule has 0 amide bonds. The highest BCUT2D eigenvalue weighted by molar-refractivity contribution is 7.89. The normalized spacial score (nSPS) is 24.5. The van der Waals surface area contributed by atoms with Crippen molar-refractivity contribution >= 4 is 15.8 Å². The van der Waals surface area contributed by atoms with Crippen molar-refractivity contribution in [1.29, 1.82) is 0 Å². The topological polar surface area (TPSA) is 91.6 Å². The lowest BCUT2D eigenvalue weighted by Crippen LogP contribution is -2.40. The predicted octanol–water partition coefficient (Wildman–Crippen LogP) is 0.226. The van der Waals surface area contributed by atoms with Crippen LogP contribution in [0.15, 0.2) is 23.2 Å². The molecule has 1 aromatic rings. The number of anilines is 1. The maximum absolute atomic E-state index is 12.9. The molecule has 0 radical (unpaired) electrons. The van der Waals surface area contributed by atoms with Crippen LogP contribution in [0, 0.1) is 0 Å². The van der Waals surface area contributed by atoms with Crippen LogP contribution < -0.4 is 11.3 Å². The van der Waals surface area contributed by atoms with Gasteiger partial charge in [-0.15, -0.1) is 0 Å². The summed E-state index contributed by atoms with van der Waals surface area (Å²) in [6, 6.07) is 3.51. The zero-order chi connectivity index (χ0) is 14.9. The first-order chi connectivity index (χ1) is 10.1. The zero-order valence-corrected chi connectivity index (χ0v) is 12.7. The molecular weight excluding hydrogens is 290 g/mol. The first-order valence-electron chi connectivity index (χ1n) is 7.29. The van der Waals surface area contributed by atoms with E-state index in [4.69, 9.17) is 5.84 Å². The number of sulfonamides is 1. The van der Waals surface area contributed by atoms with E-state index in [9.17, 15) is 8.42 Å². The molecular formula is C13H21N5O2S. The maximum Gasteiger partial charge on any atom is 0.246 e. The number of nitrogens with two attached hydrogens (primary N) is 1. The number of rotatable bonds is 3. The number of pyridine rings is 1. The fourth-order valence-corrected chi connectivity index (χ4v) is 4.86. The molecule has 3 heterocycles. The van der Waals surface area contributed by atoms with E-state index in [1.807, 2.05) is 0 Å². The minimum atomic E-state index is -3.57. The SMILES string of the molecule is NNc1ncccc1S(=O)(=O)N1CCCN2CCCC2C1. The Morgan fingerprint density at radius 1 is 1.29 bits per heavy atom. The van der Waals surface area contributed by atoms with Gasteiger partial charge >= 0.3 is 0 Å². The number of hydrogen-bond donors (Lipinski definition) is 2. The monoisotopic (exact) mass is 311 g/mol. The molecule has 3 rings (SSSR count). The van der Waals surface area contributed by atoms with Crippen molar-refractivity contribution in [3.05, 3.63) is 18.3 Å². The maximum atomic E-state index is 12.9. The minimum Gasteiger partial charge on any atom is -0.307 e. The van der Waals surface area contributed by atoms with Crippen LogP contribution in [0.25, 0.3) is 0 Å². The number of nitrogens with zero attached hydrogens (tertiary/aromatic N) is 3. The van der Waals surface area contributed by atoms with E-state index in [-0.39, 0.29) is 10.7 Å². The van der Waals surface area contributed by atoms with Gasteiger partial charge in [-0.2, -0.15) is 4.31 Å². The number of fused-ring (bicyclic) bond motifs is 1. The predicted molar refractivity (Wildman–Crippen MR) is 80.0 cm³/mol. The van der Waals surface area contributed by atoms with Gasteiger partial charge in [0.15, 0.2) is 5.82 Å². The van der Waals surface area contributed by atoms with Crippen molar-refractivity contribution in [1.82, 2.24) is 14.2 Å². The Hall–Kier alpha value is -1.22. The quantitative estimate of drug-likeness (QED) is 0.613. The van der Waals surface area contributed by atoms with Crippen LogP contribution in [0.1, 0.15) is 19.3 Å². The van der Waals surface area contributed by atoms with E-state index < -0.39 is 10.0 Å². The van der Waals surface area contributed by atoms with E-state index in [0.29, 0.717) is 19.1 Å². The number of hydrazine groups is 1. The summed E-state index contributed by atoms with van der Waals surface area (Å²) >= 11 is 0. The Labute approximate surface area is 125 Å². The Balaban J connectivity index is 1.90. The molecule has 8 heteroatoms. The largest absolute Gasteiger partial charge is 0.307 e. The molecule has 21 heavy (non-hydrogen) atoms. The van der Waals surface area contributed by atoms with E-state index in [1.165, 1.54) is 6.20 Å². The van der Waals surface area contributed by atoms with Gasteiger partial charge in [0.25, 0.3) is 0 Å². The van der Waals surface area contributed by atoms with Gasteiger partial charge in [-0.25, -0.2) is 19.2 Å². The van der Waals surface area contributed by atoms with Crippen molar-refractivity contribution in [2.75, 3.05) is 31.6 Å². The summed E-state index contributed by atoms with van der Waals surface area (Å²) in [6.45, 7) is 3.17. The van der Waals surface area contributed by atoms with Crippen molar-refractivity contribution in [2.45, 2.75) is 30.2 Å². The molecule has 0 bridgehead atoms. The highest BCUT2D eigenvalue weighted by atomic mass is 32.2. The second-order valence-electron chi connectivity index (χ2n) is 5.54. The summed E-state index contributed by atoms with van der Waals surface area (Å²) in [4.78, 5) is 6.55. The highest BCUT2D eigenvalue weighted by Crippen LogP contribution is 2.27. The average Bonchev–Trinajstić information content (AvgIpc) is 2.83. The Kier molecular flexibility index (Phi) is 4.12. The summed E-state index contributed by atoms with van der Waals surface area (Å²) < 4.78 is 27.3. The lowest BCUT2D eigenvalue weighted by atomic mass is 10.2. The average molecular weight is 311 g/mol. The van der Waals surface area contributed by atoms with Gasteiger partial charge in [-0.1, -0.05) is 0 Å². The van der Waals surface area contributed by atoms with Crippen molar-refractivity contribution in [2.24, 2.45) is 5.84 Å². The Morgan fingerprint density at radius 2 is 2.10 bits per heavy atom. The summed E-state index contributed by atoms with van der Waals surface area (Å²) in [5.74, 6) is 5.59. The van der Waals surface area contributed by atoms with Gasteiger partial charge < -0.3 is 5.43 Å². The molecule has 1 unspecified atom stereocenters. The molecule has 116 valence electrons. The van der Waals surface area contributed by atoms with Crippen molar-refractivity contribution in [3.8, 4) is 0 Å². The van der Waals surface area contributed by atoms with Crippen LogP contribution in [-0.4, -0.2) is 54.8 Å². The molecule has 0 aromatic carbocycles. The van der Waals surface area contributed by atoms with E-state index >= 15 is 0 Å². The third kappa shape index (κ3) is 2.76. The highest BCUT2D eigenvalue weighted by Gasteiger charge is 2.35. The van der Waals surface area contributed by atoms with Crippen LogP contribution in [0.4, 0.5) is 5.82 Å². The molecule has 2 aliphatic heterocycles. The number of nitrogen functional groups attached to an aromatic ring is 1. The molecule has 3 N–H and O–H groups in total. The zero-order valence-electron chi connectivity index (χ0n) is 11.9. The summed E-state index contributed by atoms with van der Waals surface area (Å²) in [5, 5.41) is 0. The molecule has 1 aromatic heterocycles. The van der Waals surface area contributed by atoms with Gasteiger partial charge in [-0.3, -0.25) is 4.90 Å². The number of hydrogen-bond acceptors (Lipinski definition) is 6. The molecule has 7 nitrogen and oxygen atoms in total. The second kappa shape index (κ2) is 5.88. The van der Waals surface area contributed by atoms with Crippen LogP contribution in [-0.2, 0) is 10.0 Å². The lowest BCUT2D eigenvalue weighted by molar-refractivity contribution is 0.257. The van der Waals surface area contributed by atoms with Crippen LogP contribution in [0.5, 0.6) is 0 Å². The molecule has 0 saturated carbocycles. The summed E-state index contributed by atoms with van der Waals surface area (Å²) in [5.41, 5.74) is 2.38. The molecule has 0 spiro atoms. The van der Waals surface area contributed by atoms with Crippen LogP contribution in [0.2, 0.25) is 0 Å². The molecule has 2 saturated heterocycles. The van der Waals surface area contributed by atoms with Crippen LogP contribution in [0.3, 0.4) is 0 Å². The molecule has 2 aliphatic rings. The fraction of sp³-hybridized carbons (Fsp3) is 0.615. The van der Waals surface area contributed by atoms with Crippen molar-refractivity contribution < 1.29 is 8.42 Å². The van der Waals surface area contributed by atoms with Gasteiger partial charge in [0.05, 0.1) is 0 Å². The van der Waals surface area contributed by atoms with Crippen LogP contribution >= 0.6 is 0 Å².